The molecular weight excluding hydrogens is 164 g/mol. The Morgan fingerprint density at radius 2 is 2.31 bits per heavy atom. The summed E-state index contributed by atoms with van der Waals surface area (Å²) in [6, 6.07) is 5.24. The van der Waals surface area contributed by atoms with E-state index >= 15 is 0 Å². The number of aryl methyl sites for hydroxylation is 1. The van der Waals surface area contributed by atoms with Gasteiger partial charge in [-0.25, -0.2) is 0 Å². The Morgan fingerprint density at radius 3 is 3.00 bits per heavy atom. The molecule has 0 aliphatic heterocycles. The van der Waals surface area contributed by atoms with E-state index in [1.165, 1.54) is 0 Å². The fourth-order valence-electron chi connectivity index (χ4n) is 1.48. The molecule has 0 bridgehead atoms. The molecule has 2 aromatic heterocycles. The third-order valence-electron chi connectivity index (χ3n) is 2.08. The van der Waals surface area contributed by atoms with Gasteiger partial charge in [-0.15, -0.1) is 0 Å². The summed E-state index contributed by atoms with van der Waals surface area (Å²) in [7, 11) is 0. The van der Waals surface area contributed by atoms with Crippen LogP contribution in [0.25, 0.3) is 5.65 Å². The van der Waals surface area contributed by atoms with Crippen molar-refractivity contribution in [2.75, 3.05) is 0 Å². The lowest BCUT2D eigenvalue weighted by Crippen LogP contribution is -2.08. The van der Waals surface area contributed by atoms with Gasteiger partial charge in [0.25, 0.3) is 5.56 Å². The van der Waals surface area contributed by atoms with Crippen LogP contribution in [-0.2, 0) is 6.42 Å². The van der Waals surface area contributed by atoms with Crippen molar-refractivity contribution in [1.82, 2.24) is 9.38 Å². The second kappa shape index (κ2) is 3.09. The van der Waals surface area contributed by atoms with Gasteiger partial charge in [0.1, 0.15) is 5.65 Å². The average molecular weight is 176 g/mol. The maximum absolute atomic E-state index is 11.3. The summed E-state index contributed by atoms with van der Waals surface area (Å²) in [4.78, 5) is 14.5. The Balaban J connectivity index is 2.62. The van der Waals surface area contributed by atoms with Crippen LogP contribution in [0, 0.1) is 0 Å². The maximum atomic E-state index is 11.3. The quantitative estimate of drug-likeness (QED) is 0.741. The number of pyridine rings is 1. The minimum Gasteiger partial charge on any atom is -0.343 e. The van der Waals surface area contributed by atoms with E-state index in [4.69, 9.17) is 0 Å². The summed E-state index contributed by atoms with van der Waals surface area (Å²) in [5.74, 6) is 0. The molecule has 0 spiro atoms. The van der Waals surface area contributed by atoms with Crippen LogP contribution in [0.1, 0.15) is 19.0 Å². The van der Waals surface area contributed by atoms with Gasteiger partial charge in [0.05, 0.1) is 0 Å². The maximum Gasteiger partial charge on any atom is 0.256 e. The lowest BCUT2D eigenvalue weighted by Gasteiger charge is -1.87. The standard InChI is InChI=1S/C10H12N2O/c1-2-4-8-7-12-9(11-8)5-3-6-10(12)13/h3,5-7,11H,2,4H2,1H3. The summed E-state index contributed by atoms with van der Waals surface area (Å²) in [5, 5.41) is 0. The van der Waals surface area contributed by atoms with Crippen LogP contribution in [0.3, 0.4) is 0 Å². The minimum atomic E-state index is 0.0242. The number of nitrogens with one attached hydrogen (secondary N) is 1. The molecule has 0 radical (unpaired) electrons. The number of aromatic nitrogens is 2. The summed E-state index contributed by atoms with van der Waals surface area (Å²) in [6.45, 7) is 2.12. The smallest absolute Gasteiger partial charge is 0.256 e. The molecule has 0 aliphatic rings. The predicted molar refractivity (Wildman–Crippen MR) is 52.0 cm³/mol. The molecule has 0 fully saturated rings. The van der Waals surface area contributed by atoms with Crippen molar-refractivity contribution >= 4 is 5.65 Å². The Morgan fingerprint density at radius 1 is 1.46 bits per heavy atom. The fraction of sp³-hybridized carbons (Fsp3) is 0.300. The van der Waals surface area contributed by atoms with Crippen LogP contribution in [-0.4, -0.2) is 9.38 Å². The second-order valence-corrected chi connectivity index (χ2v) is 3.15. The highest BCUT2D eigenvalue weighted by atomic mass is 16.1. The molecule has 0 amide bonds. The SMILES string of the molecule is CCCc1cn2c(=O)cccc2[nH]1. The number of rotatable bonds is 2. The largest absolute Gasteiger partial charge is 0.343 e. The fourth-order valence-corrected chi connectivity index (χ4v) is 1.48. The predicted octanol–water partition coefficient (Wildman–Crippen LogP) is 1.58. The highest BCUT2D eigenvalue weighted by molar-refractivity contribution is 5.39. The molecule has 0 aromatic carbocycles. The van der Waals surface area contributed by atoms with Crippen LogP contribution < -0.4 is 5.56 Å². The van der Waals surface area contributed by atoms with Gasteiger partial charge in [0, 0.05) is 18.0 Å². The van der Waals surface area contributed by atoms with Crippen molar-refractivity contribution in [1.29, 1.82) is 0 Å². The van der Waals surface area contributed by atoms with Crippen LogP contribution in [0.2, 0.25) is 0 Å². The van der Waals surface area contributed by atoms with Crippen LogP contribution in [0.5, 0.6) is 0 Å². The zero-order chi connectivity index (χ0) is 9.26. The van der Waals surface area contributed by atoms with Crippen LogP contribution in [0.4, 0.5) is 0 Å². The van der Waals surface area contributed by atoms with Gasteiger partial charge in [-0.05, 0) is 12.5 Å². The van der Waals surface area contributed by atoms with E-state index in [2.05, 4.69) is 11.9 Å². The van der Waals surface area contributed by atoms with Gasteiger partial charge >= 0.3 is 0 Å². The molecule has 2 rings (SSSR count). The first-order valence-corrected chi connectivity index (χ1v) is 4.50. The number of imidazole rings is 1. The molecule has 3 heteroatoms. The van der Waals surface area contributed by atoms with E-state index in [9.17, 15) is 4.79 Å². The molecule has 2 aromatic rings. The first-order valence-electron chi connectivity index (χ1n) is 4.50. The van der Waals surface area contributed by atoms with Gasteiger partial charge in [0.2, 0.25) is 0 Å². The van der Waals surface area contributed by atoms with Gasteiger partial charge in [-0.3, -0.25) is 9.20 Å². The van der Waals surface area contributed by atoms with E-state index in [1.54, 1.807) is 16.5 Å². The third-order valence-corrected chi connectivity index (χ3v) is 2.08. The van der Waals surface area contributed by atoms with Crippen LogP contribution >= 0.6 is 0 Å². The van der Waals surface area contributed by atoms with E-state index in [0.29, 0.717) is 0 Å². The van der Waals surface area contributed by atoms with E-state index in [0.717, 1.165) is 24.2 Å². The molecule has 0 unspecified atom stereocenters. The Kier molecular flexibility index (Phi) is 1.93. The highest BCUT2D eigenvalue weighted by Crippen LogP contribution is 2.03. The molecule has 2 heterocycles. The number of nitrogens with zero attached hydrogens (tertiary/aromatic N) is 1. The first kappa shape index (κ1) is 8.10. The molecule has 68 valence electrons. The monoisotopic (exact) mass is 176 g/mol. The van der Waals surface area contributed by atoms with Crippen molar-refractivity contribution in [2.45, 2.75) is 19.8 Å². The Bertz CT molecular complexity index is 467. The lowest BCUT2D eigenvalue weighted by molar-refractivity contribution is 0.893. The topological polar surface area (TPSA) is 37.3 Å². The van der Waals surface area contributed by atoms with Gasteiger partial charge in [-0.2, -0.15) is 0 Å². The van der Waals surface area contributed by atoms with E-state index in [1.807, 2.05) is 12.3 Å². The number of H-pyrrole nitrogens is 1. The van der Waals surface area contributed by atoms with E-state index in [-0.39, 0.29) is 5.56 Å². The molecule has 13 heavy (non-hydrogen) atoms. The van der Waals surface area contributed by atoms with Crippen molar-refractivity contribution in [3.63, 3.8) is 0 Å². The Labute approximate surface area is 76.0 Å². The number of hydrogen-bond acceptors (Lipinski definition) is 1. The van der Waals surface area contributed by atoms with Crippen molar-refractivity contribution in [3.8, 4) is 0 Å². The molecule has 0 atom stereocenters. The van der Waals surface area contributed by atoms with E-state index < -0.39 is 0 Å². The molecule has 0 aliphatic carbocycles. The number of hydrogen-bond donors (Lipinski definition) is 1. The minimum absolute atomic E-state index is 0.0242. The molecule has 0 saturated heterocycles. The van der Waals surface area contributed by atoms with Crippen molar-refractivity contribution in [3.05, 3.63) is 40.4 Å². The summed E-state index contributed by atoms with van der Waals surface area (Å²) < 4.78 is 1.64. The molecule has 1 N–H and O–H groups in total. The van der Waals surface area contributed by atoms with Crippen molar-refractivity contribution in [2.24, 2.45) is 0 Å². The number of aromatic amines is 1. The summed E-state index contributed by atoms with van der Waals surface area (Å²) in [6.07, 6.45) is 3.95. The highest BCUT2D eigenvalue weighted by Gasteiger charge is 1.99. The second-order valence-electron chi connectivity index (χ2n) is 3.15. The number of fused-ring (bicyclic) bond motifs is 1. The Hall–Kier alpha value is -1.51. The van der Waals surface area contributed by atoms with Crippen molar-refractivity contribution < 1.29 is 0 Å². The van der Waals surface area contributed by atoms with Gasteiger partial charge < -0.3 is 4.98 Å². The average Bonchev–Trinajstić information content (AvgIpc) is 2.49. The third kappa shape index (κ3) is 1.37. The van der Waals surface area contributed by atoms with Gasteiger partial charge in [-0.1, -0.05) is 19.4 Å². The zero-order valence-corrected chi connectivity index (χ0v) is 7.58. The molecule has 3 nitrogen and oxygen atoms in total. The van der Waals surface area contributed by atoms with Crippen LogP contribution in [0.15, 0.2) is 29.2 Å². The zero-order valence-electron chi connectivity index (χ0n) is 7.58. The normalized spacial score (nSPS) is 10.8. The molecular formula is C10H12N2O. The van der Waals surface area contributed by atoms with Gasteiger partial charge in [0.15, 0.2) is 0 Å². The molecule has 0 saturated carbocycles. The first-order chi connectivity index (χ1) is 6.31. The lowest BCUT2D eigenvalue weighted by atomic mass is 10.3. The summed E-state index contributed by atoms with van der Waals surface area (Å²) in [5.41, 5.74) is 2.01. The summed E-state index contributed by atoms with van der Waals surface area (Å²) >= 11 is 0.